The number of nitrogens with one attached hydrogen (secondary N) is 1. The van der Waals surface area contributed by atoms with E-state index in [1.165, 1.54) is 22.3 Å². The lowest BCUT2D eigenvalue weighted by molar-refractivity contribution is 0.103. The van der Waals surface area contributed by atoms with Crippen molar-refractivity contribution in [1.82, 2.24) is 30.2 Å². The summed E-state index contributed by atoms with van der Waals surface area (Å²) in [6, 6.07) is 12.9. The van der Waals surface area contributed by atoms with E-state index in [1.54, 1.807) is 12.3 Å². The maximum Gasteiger partial charge on any atom is 0.267 e. The van der Waals surface area contributed by atoms with Gasteiger partial charge in [-0.25, -0.2) is 9.67 Å². The van der Waals surface area contributed by atoms with Crippen molar-refractivity contribution in [2.45, 2.75) is 6.92 Å². The third-order valence-corrected chi connectivity index (χ3v) is 4.78. The Hall–Kier alpha value is -3.46. The fraction of sp³-hybridized carbons (Fsp3) is 0.0588. The lowest BCUT2D eigenvalue weighted by Crippen LogP contribution is -2.11. The molecule has 0 radical (unpaired) electrons. The molecule has 0 aliphatic carbocycles. The molecule has 0 atom stereocenters. The average Bonchev–Trinajstić information content (AvgIpc) is 3.32. The van der Waals surface area contributed by atoms with Crippen LogP contribution in [0.4, 0.5) is 5.69 Å². The van der Waals surface area contributed by atoms with Crippen molar-refractivity contribution in [3.63, 3.8) is 0 Å². The molecule has 9 heteroatoms. The zero-order valence-corrected chi connectivity index (χ0v) is 14.5. The molecule has 4 aromatic rings. The van der Waals surface area contributed by atoms with E-state index in [0.717, 1.165) is 16.4 Å². The van der Waals surface area contributed by atoms with Crippen LogP contribution in [0.2, 0.25) is 0 Å². The summed E-state index contributed by atoms with van der Waals surface area (Å²) in [6.45, 7) is 1.81. The molecule has 26 heavy (non-hydrogen) atoms. The van der Waals surface area contributed by atoms with Crippen LogP contribution in [-0.4, -0.2) is 36.1 Å². The van der Waals surface area contributed by atoms with E-state index >= 15 is 0 Å². The van der Waals surface area contributed by atoms with E-state index in [0.29, 0.717) is 16.3 Å². The first kappa shape index (κ1) is 16.0. The Morgan fingerprint density at radius 2 is 2.12 bits per heavy atom. The van der Waals surface area contributed by atoms with Gasteiger partial charge < -0.3 is 5.32 Å². The van der Waals surface area contributed by atoms with Crippen LogP contribution in [0, 0.1) is 6.92 Å². The van der Waals surface area contributed by atoms with Crippen LogP contribution in [0.3, 0.4) is 0 Å². The van der Waals surface area contributed by atoms with Gasteiger partial charge in [0, 0.05) is 11.9 Å². The van der Waals surface area contributed by atoms with Gasteiger partial charge in [-0.2, -0.15) is 0 Å². The van der Waals surface area contributed by atoms with E-state index in [1.807, 2.05) is 43.3 Å². The maximum absolute atomic E-state index is 12.7. The number of carbonyl (C=O) groups is 1. The van der Waals surface area contributed by atoms with E-state index in [-0.39, 0.29) is 5.91 Å². The van der Waals surface area contributed by atoms with Crippen molar-refractivity contribution in [2.24, 2.45) is 0 Å². The second kappa shape index (κ2) is 6.81. The molecule has 3 aromatic heterocycles. The summed E-state index contributed by atoms with van der Waals surface area (Å²) in [6.07, 6.45) is 3.20. The molecule has 8 nitrogen and oxygen atoms in total. The molecule has 1 aromatic carbocycles. The van der Waals surface area contributed by atoms with Crippen molar-refractivity contribution in [2.75, 3.05) is 5.32 Å². The number of anilines is 1. The Kier molecular flexibility index (Phi) is 4.20. The third-order valence-electron chi connectivity index (χ3n) is 3.60. The summed E-state index contributed by atoms with van der Waals surface area (Å²) < 4.78 is 1.52. The van der Waals surface area contributed by atoms with Gasteiger partial charge in [0.15, 0.2) is 0 Å². The van der Waals surface area contributed by atoms with Gasteiger partial charge in [0.2, 0.25) is 0 Å². The van der Waals surface area contributed by atoms with E-state index < -0.39 is 0 Å². The molecule has 1 amide bonds. The van der Waals surface area contributed by atoms with Crippen molar-refractivity contribution < 1.29 is 4.79 Å². The molecule has 0 fully saturated rings. The fourth-order valence-corrected chi connectivity index (χ4v) is 3.34. The molecular weight excluding hydrogens is 350 g/mol. The molecule has 0 aliphatic heterocycles. The highest BCUT2D eigenvalue weighted by Crippen LogP contribution is 2.27. The number of thiazole rings is 1. The molecule has 0 saturated carbocycles. The Morgan fingerprint density at radius 1 is 1.19 bits per heavy atom. The van der Waals surface area contributed by atoms with Crippen LogP contribution >= 0.6 is 11.3 Å². The topological polar surface area (TPSA) is 98.5 Å². The summed E-state index contributed by atoms with van der Waals surface area (Å²) in [5.41, 5.74) is 2.82. The minimum Gasteiger partial charge on any atom is -0.321 e. The lowest BCUT2D eigenvalue weighted by Gasteiger charge is -2.06. The van der Waals surface area contributed by atoms with Crippen molar-refractivity contribution >= 4 is 22.9 Å². The quantitative estimate of drug-likeness (QED) is 0.599. The Bertz CT molecular complexity index is 1040. The van der Waals surface area contributed by atoms with Crippen LogP contribution in [0.1, 0.15) is 15.4 Å². The number of carbonyl (C=O) groups excluding carboxylic acids is 1. The minimum atomic E-state index is -0.212. The molecule has 128 valence electrons. The first-order valence-corrected chi connectivity index (χ1v) is 8.56. The molecule has 0 spiro atoms. The number of hydrogen-bond donors (Lipinski definition) is 1. The van der Waals surface area contributed by atoms with Crippen molar-refractivity contribution in [3.8, 4) is 16.4 Å². The highest BCUT2D eigenvalue weighted by atomic mass is 32.1. The van der Waals surface area contributed by atoms with Gasteiger partial charge in [-0.3, -0.25) is 9.78 Å². The predicted molar refractivity (Wildman–Crippen MR) is 97.2 cm³/mol. The fourth-order valence-electron chi connectivity index (χ4n) is 2.40. The van der Waals surface area contributed by atoms with Crippen LogP contribution in [-0.2, 0) is 0 Å². The van der Waals surface area contributed by atoms with Gasteiger partial charge in [0.05, 0.1) is 17.1 Å². The summed E-state index contributed by atoms with van der Waals surface area (Å²) in [7, 11) is 0. The highest BCUT2D eigenvalue weighted by molar-refractivity contribution is 7.17. The number of pyridine rings is 1. The second-order valence-corrected chi connectivity index (χ2v) is 6.41. The number of aryl methyl sites for hydroxylation is 1. The van der Waals surface area contributed by atoms with E-state index in [2.05, 4.69) is 30.8 Å². The Labute approximate surface area is 152 Å². The van der Waals surface area contributed by atoms with Gasteiger partial charge in [-0.15, -0.1) is 16.4 Å². The number of amides is 1. The Balaban J connectivity index is 1.58. The molecule has 0 saturated heterocycles. The largest absolute Gasteiger partial charge is 0.321 e. The van der Waals surface area contributed by atoms with E-state index in [9.17, 15) is 4.79 Å². The summed E-state index contributed by atoms with van der Waals surface area (Å²) in [5.74, 6) is -0.212. The number of tetrazole rings is 1. The molecule has 1 N–H and O–H groups in total. The van der Waals surface area contributed by atoms with Crippen LogP contribution in [0.15, 0.2) is 55.0 Å². The van der Waals surface area contributed by atoms with Crippen molar-refractivity contribution in [1.29, 1.82) is 0 Å². The summed E-state index contributed by atoms with van der Waals surface area (Å²) in [5, 5.41) is 14.7. The Morgan fingerprint density at radius 3 is 2.88 bits per heavy atom. The van der Waals surface area contributed by atoms with Gasteiger partial charge in [0.1, 0.15) is 16.2 Å². The van der Waals surface area contributed by atoms with E-state index in [4.69, 9.17) is 0 Å². The molecule has 0 aliphatic rings. The standard InChI is InChI=1S/C17H13N7OS/c1-11-15(26-17(20-11)14-7-2-3-8-18-14)16(25)21-12-5-4-6-13(9-12)24-10-19-22-23-24/h2-10H,1H3,(H,21,25). The predicted octanol–water partition coefficient (Wildman–Crippen LogP) is 2.74. The van der Waals surface area contributed by atoms with Crippen LogP contribution < -0.4 is 5.32 Å². The highest BCUT2D eigenvalue weighted by Gasteiger charge is 2.17. The third kappa shape index (κ3) is 3.20. The second-order valence-electron chi connectivity index (χ2n) is 5.41. The zero-order chi connectivity index (χ0) is 17.9. The SMILES string of the molecule is Cc1nc(-c2ccccn2)sc1C(=O)Nc1cccc(-n2cnnn2)c1. The smallest absolute Gasteiger partial charge is 0.267 e. The van der Waals surface area contributed by atoms with Gasteiger partial charge in [-0.05, 0) is 47.7 Å². The molecule has 0 unspecified atom stereocenters. The number of hydrogen-bond acceptors (Lipinski definition) is 7. The molecule has 0 bridgehead atoms. The van der Waals surface area contributed by atoms with Gasteiger partial charge in [0.25, 0.3) is 5.91 Å². The van der Waals surface area contributed by atoms with Crippen LogP contribution in [0.5, 0.6) is 0 Å². The maximum atomic E-state index is 12.7. The number of rotatable bonds is 4. The molecule has 3 heterocycles. The average molecular weight is 363 g/mol. The zero-order valence-electron chi connectivity index (χ0n) is 13.7. The number of aromatic nitrogens is 6. The number of benzene rings is 1. The van der Waals surface area contributed by atoms with Crippen molar-refractivity contribution in [3.05, 3.63) is 65.6 Å². The summed E-state index contributed by atoms with van der Waals surface area (Å²) in [4.78, 5) is 22.0. The van der Waals surface area contributed by atoms with Gasteiger partial charge in [-0.1, -0.05) is 12.1 Å². The molecular formula is C17H13N7OS. The first-order chi connectivity index (χ1) is 12.7. The molecule has 4 rings (SSSR count). The normalized spacial score (nSPS) is 10.7. The minimum absolute atomic E-state index is 0.212. The van der Waals surface area contributed by atoms with Crippen LogP contribution in [0.25, 0.3) is 16.4 Å². The monoisotopic (exact) mass is 363 g/mol. The lowest BCUT2D eigenvalue weighted by atomic mass is 10.2. The first-order valence-electron chi connectivity index (χ1n) is 7.74. The number of nitrogens with zero attached hydrogens (tertiary/aromatic N) is 6. The van der Waals surface area contributed by atoms with Gasteiger partial charge >= 0.3 is 0 Å². The summed E-state index contributed by atoms with van der Waals surface area (Å²) >= 11 is 1.32.